The Hall–Kier alpha value is -4.97. The van der Waals surface area contributed by atoms with E-state index in [1.165, 1.54) is 6.07 Å². The number of benzene rings is 4. The van der Waals surface area contributed by atoms with Gasteiger partial charge < -0.3 is 5.11 Å². The average Bonchev–Trinajstić information content (AvgIpc) is 3.36. The Kier molecular flexibility index (Phi) is 6.17. The summed E-state index contributed by atoms with van der Waals surface area (Å²) in [7, 11) is 0. The van der Waals surface area contributed by atoms with Crippen molar-refractivity contribution < 1.29 is 9.90 Å². The minimum atomic E-state index is -1.00. The van der Waals surface area contributed by atoms with Gasteiger partial charge in [0, 0.05) is 11.1 Å². The van der Waals surface area contributed by atoms with Gasteiger partial charge in [-0.3, -0.25) is 5.43 Å². The highest BCUT2D eigenvalue weighted by atomic mass is 16.4. The van der Waals surface area contributed by atoms with Gasteiger partial charge in [-0.05, 0) is 35.9 Å². The molecule has 5 rings (SSSR count). The van der Waals surface area contributed by atoms with Crippen molar-refractivity contribution >= 4 is 17.9 Å². The van der Waals surface area contributed by atoms with Crippen LogP contribution in [0.5, 0.6) is 0 Å². The van der Waals surface area contributed by atoms with Crippen molar-refractivity contribution in [2.75, 3.05) is 5.43 Å². The monoisotopic (exact) mass is 458 g/mol. The zero-order chi connectivity index (χ0) is 24.0. The highest BCUT2D eigenvalue weighted by Gasteiger charge is 2.13. The van der Waals surface area contributed by atoms with Crippen LogP contribution >= 0.6 is 0 Å². The number of aromatic nitrogens is 2. The van der Waals surface area contributed by atoms with Gasteiger partial charge in [0.05, 0.1) is 34.5 Å². The first-order chi connectivity index (χ1) is 17.2. The number of carboxylic acids is 1. The number of hydrogen-bond acceptors (Lipinski definition) is 4. The highest BCUT2D eigenvalue weighted by molar-refractivity contribution is 5.94. The molecule has 0 atom stereocenters. The molecule has 0 aliphatic rings. The van der Waals surface area contributed by atoms with Crippen LogP contribution in [0.1, 0.15) is 15.9 Å². The molecule has 0 aliphatic heterocycles. The molecule has 2 N–H and O–H groups in total. The van der Waals surface area contributed by atoms with Crippen LogP contribution < -0.4 is 5.43 Å². The Morgan fingerprint density at radius 3 is 2.11 bits per heavy atom. The lowest BCUT2D eigenvalue weighted by atomic mass is 10.1. The van der Waals surface area contributed by atoms with Crippen LogP contribution in [-0.2, 0) is 0 Å². The zero-order valence-corrected chi connectivity index (χ0v) is 18.7. The van der Waals surface area contributed by atoms with E-state index in [1.54, 1.807) is 24.4 Å². The van der Waals surface area contributed by atoms with Crippen LogP contribution in [0, 0.1) is 0 Å². The molecule has 35 heavy (non-hydrogen) atoms. The molecule has 4 aromatic carbocycles. The van der Waals surface area contributed by atoms with E-state index in [0.29, 0.717) is 5.69 Å². The van der Waals surface area contributed by atoms with E-state index in [0.717, 1.165) is 33.8 Å². The van der Waals surface area contributed by atoms with E-state index >= 15 is 0 Å². The van der Waals surface area contributed by atoms with Gasteiger partial charge in [0.25, 0.3) is 0 Å². The number of carboxylic acid groups (broad SMARTS) is 1. The Morgan fingerprint density at radius 2 is 1.43 bits per heavy atom. The number of carbonyl (C=O) groups is 1. The molecule has 0 spiro atoms. The third kappa shape index (κ3) is 4.86. The number of nitrogens with one attached hydrogen (secondary N) is 1. The lowest BCUT2D eigenvalue weighted by Gasteiger charge is -2.08. The SMILES string of the molecule is O=C(O)c1ccccc1NN=Cc1ccc(-n2nc(-c3ccccc3)cc2-c2ccccc2)cc1. The highest BCUT2D eigenvalue weighted by Crippen LogP contribution is 2.28. The molecule has 6 nitrogen and oxygen atoms in total. The van der Waals surface area contributed by atoms with Crippen LogP contribution in [0.25, 0.3) is 28.2 Å². The van der Waals surface area contributed by atoms with Crippen molar-refractivity contribution in [1.29, 1.82) is 0 Å². The number of nitrogens with zero attached hydrogens (tertiary/aromatic N) is 3. The second-order valence-corrected chi connectivity index (χ2v) is 7.87. The molecule has 0 aliphatic carbocycles. The number of hydrazone groups is 1. The first-order valence-corrected chi connectivity index (χ1v) is 11.1. The molecule has 0 saturated carbocycles. The number of aromatic carboxylic acids is 1. The summed E-state index contributed by atoms with van der Waals surface area (Å²) in [4.78, 5) is 11.3. The fraction of sp³-hybridized carbons (Fsp3) is 0. The average molecular weight is 459 g/mol. The van der Waals surface area contributed by atoms with E-state index in [9.17, 15) is 9.90 Å². The fourth-order valence-corrected chi connectivity index (χ4v) is 3.79. The minimum absolute atomic E-state index is 0.168. The summed E-state index contributed by atoms with van der Waals surface area (Å²) in [5.41, 5.74) is 9.24. The van der Waals surface area contributed by atoms with E-state index in [1.807, 2.05) is 65.3 Å². The Bertz CT molecular complexity index is 1470. The summed E-state index contributed by atoms with van der Waals surface area (Å²) in [5, 5.41) is 18.4. The van der Waals surface area contributed by atoms with E-state index < -0.39 is 5.97 Å². The van der Waals surface area contributed by atoms with Crippen molar-refractivity contribution in [3.63, 3.8) is 0 Å². The van der Waals surface area contributed by atoms with Crippen molar-refractivity contribution in [1.82, 2.24) is 9.78 Å². The summed E-state index contributed by atoms with van der Waals surface area (Å²) in [5.74, 6) is -1.00. The number of rotatable bonds is 7. The standard InChI is InChI=1S/C29H22N4O2/c34-29(35)25-13-7-8-14-26(25)31-30-20-21-15-17-24(18-16-21)33-28(23-11-5-2-6-12-23)19-27(32-33)22-9-3-1-4-10-22/h1-20,31H,(H,34,35). The number of para-hydroxylation sites is 1. The molecule has 1 aromatic heterocycles. The molecule has 0 amide bonds. The van der Waals surface area contributed by atoms with Crippen LogP contribution in [0.4, 0.5) is 5.69 Å². The Balaban J connectivity index is 1.42. The topological polar surface area (TPSA) is 79.5 Å². The quantitative estimate of drug-likeness (QED) is 0.220. The summed E-state index contributed by atoms with van der Waals surface area (Å²) < 4.78 is 1.94. The molecule has 5 aromatic rings. The fourth-order valence-electron chi connectivity index (χ4n) is 3.79. The Morgan fingerprint density at radius 1 is 0.800 bits per heavy atom. The predicted molar refractivity (Wildman–Crippen MR) is 139 cm³/mol. The maximum atomic E-state index is 11.3. The van der Waals surface area contributed by atoms with Crippen LogP contribution in [0.2, 0.25) is 0 Å². The van der Waals surface area contributed by atoms with E-state index in [2.05, 4.69) is 40.9 Å². The van der Waals surface area contributed by atoms with Crippen molar-refractivity contribution in [3.05, 3.63) is 126 Å². The predicted octanol–water partition coefficient (Wildman–Crippen LogP) is 6.35. The maximum absolute atomic E-state index is 11.3. The van der Waals surface area contributed by atoms with Gasteiger partial charge >= 0.3 is 5.97 Å². The van der Waals surface area contributed by atoms with Crippen molar-refractivity contribution in [2.24, 2.45) is 5.10 Å². The van der Waals surface area contributed by atoms with Gasteiger partial charge in [0.2, 0.25) is 0 Å². The van der Waals surface area contributed by atoms with E-state index in [-0.39, 0.29) is 5.56 Å². The van der Waals surface area contributed by atoms with Gasteiger partial charge in [-0.2, -0.15) is 10.2 Å². The molecule has 0 saturated heterocycles. The molecular weight excluding hydrogens is 436 g/mol. The Labute approximate surface area is 202 Å². The first kappa shape index (κ1) is 21.9. The third-order valence-corrected chi connectivity index (χ3v) is 5.54. The molecule has 0 bridgehead atoms. The van der Waals surface area contributed by atoms with Crippen LogP contribution in [0.15, 0.2) is 120 Å². The third-order valence-electron chi connectivity index (χ3n) is 5.54. The van der Waals surface area contributed by atoms with Gasteiger partial charge in [0.1, 0.15) is 0 Å². The summed E-state index contributed by atoms with van der Waals surface area (Å²) in [6.45, 7) is 0. The molecule has 0 radical (unpaired) electrons. The summed E-state index contributed by atoms with van der Waals surface area (Å²) >= 11 is 0. The molecule has 1 heterocycles. The molecule has 0 fully saturated rings. The normalized spacial score (nSPS) is 11.0. The molecule has 6 heteroatoms. The largest absolute Gasteiger partial charge is 0.478 e. The number of hydrogen-bond donors (Lipinski definition) is 2. The lowest BCUT2D eigenvalue weighted by Crippen LogP contribution is -2.02. The maximum Gasteiger partial charge on any atom is 0.337 e. The molecular formula is C29H22N4O2. The second-order valence-electron chi connectivity index (χ2n) is 7.87. The minimum Gasteiger partial charge on any atom is -0.478 e. The van der Waals surface area contributed by atoms with Crippen LogP contribution in [-0.4, -0.2) is 27.1 Å². The molecule has 170 valence electrons. The zero-order valence-electron chi connectivity index (χ0n) is 18.7. The number of anilines is 1. The van der Waals surface area contributed by atoms with Crippen LogP contribution in [0.3, 0.4) is 0 Å². The van der Waals surface area contributed by atoms with Gasteiger partial charge in [0.15, 0.2) is 0 Å². The van der Waals surface area contributed by atoms with E-state index in [4.69, 9.17) is 5.10 Å². The van der Waals surface area contributed by atoms with Gasteiger partial charge in [-0.15, -0.1) is 0 Å². The van der Waals surface area contributed by atoms with Crippen molar-refractivity contribution in [3.8, 4) is 28.2 Å². The second kappa shape index (κ2) is 9.89. The first-order valence-electron chi connectivity index (χ1n) is 11.1. The smallest absolute Gasteiger partial charge is 0.337 e. The summed E-state index contributed by atoms with van der Waals surface area (Å²) in [6, 6.07) is 36.9. The summed E-state index contributed by atoms with van der Waals surface area (Å²) in [6.07, 6.45) is 1.65. The van der Waals surface area contributed by atoms with Crippen molar-refractivity contribution in [2.45, 2.75) is 0 Å². The molecule has 0 unspecified atom stereocenters. The van der Waals surface area contributed by atoms with Gasteiger partial charge in [-0.25, -0.2) is 9.48 Å². The van der Waals surface area contributed by atoms with Gasteiger partial charge in [-0.1, -0.05) is 84.9 Å². The lowest BCUT2D eigenvalue weighted by molar-refractivity contribution is 0.0698.